The SMILES string of the molecule is CC1CCCN(C(=O)c2ccc(NC(N)=O)cc2)C1C(=O)O. The lowest BCUT2D eigenvalue weighted by Crippen LogP contribution is -2.51. The van der Waals surface area contributed by atoms with E-state index in [-0.39, 0.29) is 11.8 Å². The Kier molecular flexibility index (Phi) is 4.65. The number of hydrogen-bond acceptors (Lipinski definition) is 3. The summed E-state index contributed by atoms with van der Waals surface area (Å²) >= 11 is 0. The zero-order valence-electron chi connectivity index (χ0n) is 12.3. The quantitative estimate of drug-likeness (QED) is 0.785. The van der Waals surface area contributed by atoms with Crippen molar-refractivity contribution in [1.29, 1.82) is 0 Å². The van der Waals surface area contributed by atoms with E-state index in [1.54, 1.807) is 24.3 Å². The second-order valence-electron chi connectivity index (χ2n) is 5.47. The maximum Gasteiger partial charge on any atom is 0.326 e. The molecule has 1 aliphatic rings. The Morgan fingerprint density at radius 2 is 1.91 bits per heavy atom. The van der Waals surface area contributed by atoms with Crippen molar-refractivity contribution in [2.75, 3.05) is 11.9 Å². The number of amides is 3. The van der Waals surface area contributed by atoms with Gasteiger partial charge in [0.2, 0.25) is 0 Å². The molecule has 2 rings (SSSR count). The molecule has 1 aromatic carbocycles. The van der Waals surface area contributed by atoms with E-state index < -0.39 is 18.0 Å². The van der Waals surface area contributed by atoms with Crippen molar-refractivity contribution in [2.24, 2.45) is 11.7 Å². The molecular formula is C15H19N3O4. The molecule has 0 aliphatic carbocycles. The second kappa shape index (κ2) is 6.46. The van der Waals surface area contributed by atoms with Gasteiger partial charge < -0.3 is 21.1 Å². The fourth-order valence-corrected chi connectivity index (χ4v) is 2.80. The number of nitrogens with one attached hydrogen (secondary N) is 1. The van der Waals surface area contributed by atoms with Crippen LogP contribution in [-0.2, 0) is 4.79 Å². The van der Waals surface area contributed by atoms with Crippen LogP contribution in [0.1, 0.15) is 30.1 Å². The van der Waals surface area contributed by atoms with Crippen LogP contribution in [0.3, 0.4) is 0 Å². The van der Waals surface area contributed by atoms with E-state index in [1.807, 2.05) is 6.92 Å². The number of carbonyl (C=O) groups excluding carboxylic acids is 2. The number of benzene rings is 1. The molecule has 2 unspecified atom stereocenters. The first-order chi connectivity index (χ1) is 10.4. The van der Waals surface area contributed by atoms with Gasteiger partial charge in [-0.05, 0) is 43.0 Å². The van der Waals surface area contributed by atoms with Gasteiger partial charge in [0.15, 0.2) is 0 Å². The third kappa shape index (κ3) is 3.36. The van der Waals surface area contributed by atoms with Gasteiger partial charge in [0, 0.05) is 17.8 Å². The first kappa shape index (κ1) is 15.8. The van der Waals surface area contributed by atoms with E-state index in [1.165, 1.54) is 4.90 Å². The predicted octanol–water partition coefficient (Wildman–Crippen LogP) is 1.50. The van der Waals surface area contributed by atoms with Gasteiger partial charge >= 0.3 is 12.0 Å². The summed E-state index contributed by atoms with van der Waals surface area (Å²) in [5, 5.41) is 11.8. The van der Waals surface area contributed by atoms with Crippen molar-refractivity contribution in [2.45, 2.75) is 25.8 Å². The predicted molar refractivity (Wildman–Crippen MR) is 80.5 cm³/mol. The largest absolute Gasteiger partial charge is 0.480 e. The molecule has 22 heavy (non-hydrogen) atoms. The van der Waals surface area contributed by atoms with Crippen LogP contribution in [-0.4, -0.2) is 40.5 Å². The average Bonchev–Trinajstić information content (AvgIpc) is 2.46. The minimum absolute atomic E-state index is 0.0778. The molecule has 7 heteroatoms. The highest BCUT2D eigenvalue weighted by Gasteiger charge is 2.37. The van der Waals surface area contributed by atoms with Gasteiger partial charge in [-0.25, -0.2) is 9.59 Å². The lowest BCUT2D eigenvalue weighted by atomic mass is 9.90. The highest BCUT2D eigenvalue weighted by atomic mass is 16.4. The van der Waals surface area contributed by atoms with Crippen molar-refractivity contribution in [3.05, 3.63) is 29.8 Å². The summed E-state index contributed by atoms with van der Waals surface area (Å²) in [7, 11) is 0. The van der Waals surface area contributed by atoms with Crippen LogP contribution in [0, 0.1) is 5.92 Å². The van der Waals surface area contributed by atoms with Gasteiger partial charge in [-0.3, -0.25) is 4.79 Å². The fourth-order valence-electron chi connectivity index (χ4n) is 2.80. The summed E-state index contributed by atoms with van der Waals surface area (Å²) in [4.78, 5) is 36.1. The van der Waals surface area contributed by atoms with E-state index in [9.17, 15) is 19.5 Å². The number of nitrogens with two attached hydrogens (primary N) is 1. The maximum absolute atomic E-state index is 12.5. The van der Waals surface area contributed by atoms with Crippen LogP contribution >= 0.6 is 0 Å². The number of anilines is 1. The normalized spacial score (nSPS) is 21.2. The highest BCUT2D eigenvalue weighted by molar-refractivity contribution is 5.97. The molecule has 1 aliphatic heterocycles. The third-order valence-corrected chi connectivity index (χ3v) is 3.85. The summed E-state index contributed by atoms with van der Waals surface area (Å²) in [5.74, 6) is -1.37. The molecule has 1 heterocycles. The van der Waals surface area contributed by atoms with Gasteiger partial charge in [0.05, 0.1) is 0 Å². The zero-order chi connectivity index (χ0) is 16.3. The second-order valence-corrected chi connectivity index (χ2v) is 5.47. The number of urea groups is 1. The van der Waals surface area contributed by atoms with Crippen molar-refractivity contribution < 1.29 is 19.5 Å². The van der Waals surface area contributed by atoms with Gasteiger partial charge in [-0.1, -0.05) is 6.92 Å². The lowest BCUT2D eigenvalue weighted by Gasteiger charge is -2.37. The first-order valence-corrected chi connectivity index (χ1v) is 7.10. The van der Waals surface area contributed by atoms with Crippen LogP contribution in [0.25, 0.3) is 0 Å². The van der Waals surface area contributed by atoms with Crippen molar-refractivity contribution in [3.63, 3.8) is 0 Å². The van der Waals surface area contributed by atoms with Crippen molar-refractivity contribution >= 4 is 23.6 Å². The molecule has 0 saturated carbocycles. The molecular weight excluding hydrogens is 286 g/mol. The van der Waals surface area contributed by atoms with Gasteiger partial charge in [0.1, 0.15) is 6.04 Å². The molecule has 0 bridgehead atoms. The van der Waals surface area contributed by atoms with Gasteiger partial charge in [0.25, 0.3) is 5.91 Å². The van der Waals surface area contributed by atoms with Crippen LogP contribution in [0.5, 0.6) is 0 Å². The number of carboxylic acid groups (broad SMARTS) is 1. The monoisotopic (exact) mass is 305 g/mol. The summed E-state index contributed by atoms with van der Waals surface area (Å²) in [6.07, 6.45) is 1.58. The molecule has 0 spiro atoms. The lowest BCUT2D eigenvalue weighted by molar-refractivity contribution is -0.145. The van der Waals surface area contributed by atoms with E-state index in [4.69, 9.17) is 5.73 Å². The van der Waals surface area contributed by atoms with Crippen LogP contribution in [0.15, 0.2) is 24.3 Å². The number of carbonyl (C=O) groups is 3. The number of likely N-dealkylation sites (tertiary alicyclic amines) is 1. The summed E-state index contributed by atoms with van der Waals surface area (Å²) in [6, 6.07) is 4.72. The third-order valence-electron chi connectivity index (χ3n) is 3.85. The molecule has 1 saturated heterocycles. The summed E-state index contributed by atoms with van der Waals surface area (Å²) in [5.41, 5.74) is 5.88. The van der Waals surface area contributed by atoms with E-state index in [2.05, 4.69) is 5.32 Å². The first-order valence-electron chi connectivity index (χ1n) is 7.10. The number of carboxylic acids is 1. The smallest absolute Gasteiger partial charge is 0.326 e. The Bertz CT molecular complexity index is 585. The van der Waals surface area contributed by atoms with Gasteiger partial charge in [-0.15, -0.1) is 0 Å². The molecule has 2 atom stereocenters. The van der Waals surface area contributed by atoms with E-state index >= 15 is 0 Å². The Labute approximate surface area is 128 Å². The van der Waals surface area contributed by atoms with Crippen molar-refractivity contribution in [3.8, 4) is 0 Å². The number of aliphatic carboxylic acids is 1. The Hall–Kier alpha value is -2.57. The molecule has 7 nitrogen and oxygen atoms in total. The zero-order valence-corrected chi connectivity index (χ0v) is 12.3. The topological polar surface area (TPSA) is 113 Å². The Morgan fingerprint density at radius 3 is 2.45 bits per heavy atom. The standard InChI is InChI=1S/C15H19N3O4/c1-9-3-2-8-18(12(9)14(20)21)13(19)10-4-6-11(7-5-10)17-15(16)22/h4-7,9,12H,2-3,8H2,1H3,(H,20,21)(H3,16,17,22). The van der Waals surface area contributed by atoms with Crippen LogP contribution < -0.4 is 11.1 Å². The highest BCUT2D eigenvalue weighted by Crippen LogP contribution is 2.25. The van der Waals surface area contributed by atoms with Crippen LogP contribution in [0.4, 0.5) is 10.5 Å². The molecule has 4 N–H and O–H groups in total. The minimum atomic E-state index is -0.979. The maximum atomic E-state index is 12.5. The molecule has 1 fully saturated rings. The molecule has 118 valence electrons. The number of hydrogen-bond donors (Lipinski definition) is 3. The Balaban J connectivity index is 2.18. The van der Waals surface area contributed by atoms with E-state index in [0.717, 1.165) is 12.8 Å². The molecule has 0 radical (unpaired) electrons. The summed E-state index contributed by atoms with van der Waals surface area (Å²) in [6.45, 7) is 2.28. The minimum Gasteiger partial charge on any atom is -0.480 e. The molecule has 3 amide bonds. The van der Waals surface area contributed by atoms with Crippen molar-refractivity contribution in [1.82, 2.24) is 4.90 Å². The van der Waals surface area contributed by atoms with Gasteiger partial charge in [-0.2, -0.15) is 0 Å². The number of piperidine rings is 1. The Morgan fingerprint density at radius 1 is 1.27 bits per heavy atom. The van der Waals surface area contributed by atoms with E-state index in [0.29, 0.717) is 17.8 Å². The summed E-state index contributed by atoms with van der Waals surface area (Å²) < 4.78 is 0. The fraction of sp³-hybridized carbons (Fsp3) is 0.400. The number of nitrogens with zero attached hydrogens (tertiary/aromatic N) is 1. The number of primary amides is 1. The van der Waals surface area contributed by atoms with Crippen LogP contribution in [0.2, 0.25) is 0 Å². The average molecular weight is 305 g/mol. The number of rotatable bonds is 3. The molecule has 0 aromatic heterocycles. The molecule has 1 aromatic rings.